The van der Waals surface area contributed by atoms with Crippen LogP contribution < -0.4 is 16.2 Å². The standard InChI is InChI=1S/C14H17ClFN3OS/c15-11-8-10(6-7-12(11)16)17-14(21)19-18-13(20)9-4-2-1-3-5-9/h6-9H,1-5H2,(H,18,20)(H2,17,19,21). The summed E-state index contributed by atoms with van der Waals surface area (Å²) in [5.41, 5.74) is 5.79. The zero-order valence-corrected chi connectivity index (χ0v) is 13.0. The molecule has 0 heterocycles. The molecule has 3 N–H and O–H groups in total. The van der Waals surface area contributed by atoms with Crippen LogP contribution in [0.3, 0.4) is 0 Å². The van der Waals surface area contributed by atoms with Crippen molar-refractivity contribution in [1.29, 1.82) is 0 Å². The van der Waals surface area contributed by atoms with Crippen molar-refractivity contribution in [1.82, 2.24) is 10.9 Å². The van der Waals surface area contributed by atoms with Gasteiger partial charge in [0.15, 0.2) is 5.11 Å². The van der Waals surface area contributed by atoms with Crippen LogP contribution in [0.4, 0.5) is 10.1 Å². The quantitative estimate of drug-likeness (QED) is 0.575. The first kappa shape index (κ1) is 16.0. The highest BCUT2D eigenvalue weighted by molar-refractivity contribution is 7.80. The van der Waals surface area contributed by atoms with Gasteiger partial charge in [-0.3, -0.25) is 15.6 Å². The lowest BCUT2D eigenvalue weighted by Gasteiger charge is -2.21. The second-order valence-electron chi connectivity index (χ2n) is 5.03. The molecule has 4 nitrogen and oxygen atoms in total. The molecule has 21 heavy (non-hydrogen) atoms. The van der Waals surface area contributed by atoms with E-state index in [-0.39, 0.29) is 22.0 Å². The summed E-state index contributed by atoms with van der Waals surface area (Å²) < 4.78 is 13.0. The van der Waals surface area contributed by atoms with Gasteiger partial charge in [0, 0.05) is 11.6 Å². The molecule has 0 atom stereocenters. The summed E-state index contributed by atoms with van der Waals surface area (Å²) in [6.07, 6.45) is 5.22. The molecule has 1 fully saturated rings. The number of anilines is 1. The van der Waals surface area contributed by atoms with Gasteiger partial charge in [-0.15, -0.1) is 0 Å². The Morgan fingerprint density at radius 1 is 1.24 bits per heavy atom. The van der Waals surface area contributed by atoms with E-state index in [4.69, 9.17) is 23.8 Å². The van der Waals surface area contributed by atoms with Crippen molar-refractivity contribution in [2.24, 2.45) is 5.92 Å². The predicted octanol–water partition coefficient (Wildman–Crippen LogP) is 3.38. The van der Waals surface area contributed by atoms with E-state index in [1.165, 1.54) is 24.6 Å². The van der Waals surface area contributed by atoms with Gasteiger partial charge in [-0.2, -0.15) is 0 Å². The molecule has 0 spiro atoms. The SMILES string of the molecule is O=C(NNC(=S)Nc1ccc(F)c(Cl)c1)C1CCCCC1. The highest BCUT2D eigenvalue weighted by atomic mass is 35.5. The number of rotatable bonds is 2. The zero-order valence-electron chi connectivity index (χ0n) is 11.4. The molecule has 0 aliphatic heterocycles. The minimum atomic E-state index is -0.494. The molecule has 0 saturated heterocycles. The average Bonchev–Trinajstić information content (AvgIpc) is 2.49. The molecule has 7 heteroatoms. The van der Waals surface area contributed by atoms with Crippen molar-refractivity contribution in [3.63, 3.8) is 0 Å². The second kappa shape index (κ2) is 7.56. The second-order valence-corrected chi connectivity index (χ2v) is 5.85. The van der Waals surface area contributed by atoms with E-state index in [0.29, 0.717) is 5.69 Å². The van der Waals surface area contributed by atoms with Gasteiger partial charge in [0.05, 0.1) is 5.02 Å². The molecule has 0 bridgehead atoms. The summed E-state index contributed by atoms with van der Waals surface area (Å²) in [6.45, 7) is 0. The van der Waals surface area contributed by atoms with Crippen LogP contribution in [-0.2, 0) is 4.79 Å². The summed E-state index contributed by atoms with van der Waals surface area (Å²) in [7, 11) is 0. The summed E-state index contributed by atoms with van der Waals surface area (Å²) in [5, 5.41) is 3.06. The lowest BCUT2D eigenvalue weighted by atomic mass is 9.89. The summed E-state index contributed by atoms with van der Waals surface area (Å²) >= 11 is 10.7. The van der Waals surface area contributed by atoms with Crippen LogP contribution in [0.2, 0.25) is 5.02 Å². The van der Waals surface area contributed by atoms with Crippen LogP contribution in [0.1, 0.15) is 32.1 Å². The van der Waals surface area contributed by atoms with Crippen LogP contribution >= 0.6 is 23.8 Å². The zero-order chi connectivity index (χ0) is 15.2. The van der Waals surface area contributed by atoms with Crippen molar-refractivity contribution >= 4 is 40.5 Å². The third-order valence-corrected chi connectivity index (χ3v) is 3.95. The molecule has 1 saturated carbocycles. The Morgan fingerprint density at radius 3 is 2.62 bits per heavy atom. The number of amides is 1. The third kappa shape index (κ3) is 4.82. The van der Waals surface area contributed by atoms with Gasteiger partial charge in [0.25, 0.3) is 0 Å². The number of hydrogen-bond acceptors (Lipinski definition) is 2. The van der Waals surface area contributed by atoms with E-state index in [9.17, 15) is 9.18 Å². The minimum Gasteiger partial charge on any atom is -0.331 e. The molecule has 114 valence electrons. The molecule has 0 radical (unpaired) electrons. The van der Waals surface area contributed by atoms with E-state index in [1.54, 1.807) is 0 Å². The van der Waals surface area contributed by atoms with Crippen LogP contribution in [0.15, 0.2) is 18.2 Å². The Kier molecular flexibility index (Phi) is 5.76. The van der Waals surface area contributed by atoms with Gasteiger partial charge in [-0.05, 0) is 43.3 Å². The van der Waals surface area contributed by atoms with Crippen molar-refractivity contribution in [3.8, 4) is 0 Å². The third-order valence-electron chi connectivity index (χ3n) is 3.45. The number of hydrazine groups is 1. The summed E-state index contributed by atoms with van der Waals surface area (Å²) in [5.74, 6) is -0.489. The number of hydrogen-bond donors (Lipinski definition) is 3. The summed E-state index contributed by atoms with van der Waals surface area (Å²) in [6, 6.07) is 4.18. The molecule has 1 aromatic carbocycles. The highest BCUT2D eigenvalue weighted by Crippen LogP contribution is 2.23. The van der Waals surface area contributed by atoms with Crippen molar-refractivity contribution < 1.29 is 9.18 Å². The fourth-order valence-corrected chi connectivity index (χ4v) is 2.67. The first-order valence-electron chi connectivity index (χ1n) is 6.88. The van der Waals surface area contributed by atoms with E-state index in [0.717, 1.165) is 25.7 Å². The molecule has 1 aliphatic carbocycles. The first-order chi connectivity index (χ1) is 10.1. The number of carbonyl (C=O) groups is 1. The van der Waals surface area contributed by atoms with Gasteiger partial charge >= 0.3 is 0 Å². The fourth-order valence-electron chi connectivity index (χ4n) is 2.32. The van der Waals surface area contributed by atoms with Gasteiger partial charge in [0.1, 0.15) is 5.82 Å². The Balaban J connectivity index is 1.78. The number of thiocarbonyl (C=S) groups is 1. The minimum absolute atomic E-state index is 0.00837. The average molecular weight is 330 g/mol. The van der Waals surface area contributed by atoms with E-state index < -0.39 is 5.82 Å². The van der Waals surface area contributed by atoms with E-state index in [1.807, 2.05) is 0 Å². The Morgan fingerprint density at radius 2 is 1.95 bits per heavy atom. The molecule has 1 aromatic rings. The molecule has 0 aromatic heterocycles. The lowest BCUT2D eigenvalue weighted by molar-refractivity contribution is -0.126. The van der Waals surface area contributed by atoms with Crippen molar-refractivity contribution in [2.45, 2.75) is 32.1 Å². The maximum absolute atomic E-state index is 13.0. The largest absolute Gasteiger partial charge is 0.331 e. The number of carbonyl (C=O) groups excluding carboxylic acids is 1. The summed E-state index contributed by atoms with van der Waals surface area (Å²) in [4.78, 5) is 11.9. The smallest absolute Gasteiger partial charge is 0.241 e. The highest BCUT2D eigenvalue weighted by Gasteiger charge is 2.20. The van der Waals surface area contributed by atoms with Gasteiger partial charge in [-0.1, -0.05) is 30.9 Å². The van der Waals surface area contributed by atoms with Crippen LogP contribution in [0, 0.1) is 11.7 Å². The monoisotopic (exact) mass is 329 g/mol. The van der Waals surface area contributed by atoms with E-state index in [2.05, 4.69) is 16.2 Å². The van der Waals surface area contributed by atoms with Crippen molar-refractivity contribution in [3.05, 3.63) is 29.0 Å². The lowest BCUT2D eigenvalue weighted by Crippen LogP contribution is -2.46. The topological polar surface area (TPSA) is 53.2 Å². The Bertz CT molecular complexity index is 535. The predicted molar refractivity (Wildman–Crippen MR) is 85.5 cm³/mol. The molecule has 1 amide bonds. The molecule has 1 aliphatic rings. The molecular formula is C14H17ClFN3OS. The van der Waals surface area contributed by atoms with Gasteiger partial charge in [0.2, 0.25) is 5.91 Å². The first-order valence-corrected chi connectivity index (χ1v) is 7.67. The Hall–Kier alpha value is -1.40. The number of nitrogens with one attached hydrogen (secondary N) is 3. The van der Waals surface area contributed by atoms with Crippen molar-refractivity contribution in [2.75, 3.05) is 5.32 Å². The van der Waals surface area contributed by atoms with E-state index >= 15 is 0 Å². The van der Waals surface area contributed by atoms with Gasteiger partial charge < -0.3 is 5.32 Å². The van der Waals surface area contributed by atoms with Gasteiger partial charge in [-0.25, -0.2) is 4.39 Å². The maximum atomic E-state index is 13.0. The van der Waals surface area contributed by atoms with Crippen LogP contribution in [-0.4, -0.2) is 11.0 Å². The van der Waals surface area contributed by atoms with Crippen LogP contribution in [0.25, 0.3) is 0 Å². The number of benzene rings is 1. The maximum Gasteiger partial charge on any atom is 0.241 e. The number of halogens is 2. The molecule has 0 unspecified atom stereocenters. The fraction of sp³-hybridized carbons (Fsp3) is 0.429. The normalized spacial score (nSPS) is 15.3. The Labute approximate surface area is 133 Å². The molecular weight excluding hydrogens is 313 g/mol. The van der Waals surface area contributed by atoms with Crippen LogP contribution in [0.5, 0.6) is 0 Å². The molecule has 2 rings (SSSR count).